The van der Waals surface area contributed by atoms with Gasteiger partial charge in [0.15, 0.2) is 0 Å². The minimum absolute atomic E-state index is 0.00722. The summed E-state index contributed by atoms with van der Waals surface area (Å²) in [5.41, 5.74) is -1.04. The molecule has 1 aromatic heterocycles. The van der Waals surface area contributed by atoms with E-state index in [0.717, 1.165) is 32.1 Å². The third-order valence-electron chi connectivity index (χ3n) is 2.99. The van der Waals surface area contributed by atoms with Crippen LogP contribution in [0.4, 0.5) is 0 Å². The molecule has 0 aliphatic carbocycles. The van der Waals surface area contributed by atoms with Crippen LogP contribution in [0.3, 0.4) is 0 Å². The van der Waals surface area contributed by atoms with E-state index >= 15 is 0 Å². The summed E-state index contributed by atoms with van der Waals surface area (Å²) in [4.78, 5) is 25.3. The number of rotatable bonds is 6. The summed E-state index contributed by atoms with van der Waals surface area (Å²) < 4.78 is 1.50. The van der Waals surface area contributed by atoms with E-state index in [9.17, 15) is 9.59 Å². The Morgan fingerprint density at radius 3 is 2.61 bits per heavy atom. The summed E-state index contributed by atoms with van der Waals surface area (Å²) >= 11 is 0. The zero-order valence-electron chi connectivity index (χ0n) is 10.9. The van der Waals surface area contributed by atoms with Crippen molar-refractivity contribution in [3.8, 4) is 6.07 Å². The fourth-order valence-electron chi connectivity index (χ4n) is 2.03. The lowest BCUT2D eigenvalue weighted by Crippen LogP contribution is -2.33. The van der Waals surface area contributed by atoms with Crippen LogP contribution in [0.2, 0.25) is 0 Å². The van der Waals surface area contributed by atoms with Gasteiger partial charge in [0.2, 0.25) is 0 Å². The Morgan fingerprint density at radius 1 is 1.33 bits per heavy atom. The van der Waals surface area contributed by atoms with Crippen LogP contribution in [0.15, 0.2) is 15.8 Å². The molecule has 0 radical (unpaired) electrons. The largest absolute Gasteiger partial charge is 0.328 e. The minimum atomic E-state index is -0.607. The summed E-state index contributed by atoms with van der Waals surface area (Å²) in [5, 5.41) is 8.84. The highest BCUT2D eigenvalue weighted by Crippen LogP contribution is 2.18. The first-order valence-electron chi connectivity index (χ1n) is 6.39. The van der Waals surface area contributed by atoms with E-state index < -0.39 is 11.2 Å². The number of aromatic amines is 1. The van der Waals surface area contributed by atoms with E-state index in [-0.39, 0.29) is 11.6 Å². The smallest absolute Gasteiger partial charge is 0.296 e. The molecule has 0 bridgehead atoms. The Hall–Kier alpha value is -1.83. The summed E-state index contributed by atoms with van der Waals surface area (Å²) in [5.74, 6) is 0. The lowest BCUT2D eigenvalue weighted by Gasteiger charge is -2.18. The molecule has 5 heteroatoms. The second-order valence-corrected chi connectivity index (χ2v) is 4.41. The molecule has 0 saturated heterocycles. The van der Waals surface area contributed by atoms with E-state index in [1.807, 2.05) is 6.07 Å². The molecule has 98 valence electrons. The number of hydrogen-bond donors (Lipinski definition) is 1. The van der Waals surface area contributed by atoms with E-state index in [1.165, 1.54) is 10.8 Å². The zero-order chi connectivity index (χ0) is 13.5. The standard InChI is InChI=1S/C13H19N3O2/c1-3-5-7-11(6-4-2)16-9-10(8-14)12(17)15-13(16)18/h9,11H,3-7H2,1-2H3,(H,15,17,18). The van der Waals surface area contributed by atoms with E-state index in [1.54, 1.807) is 0 Å². The number of unbranched alkanes of at least 4 members (excludes halogenated alkanes) is 1. The normalized spacial score (nSPS) is 12.1. The first-order chi connectivity index (χ1) is 8.63. The number of H-pyrrole nitrogens is 1. The summed E-state index contributed by atoms with van der Waals surface area (Å²) in [6, 6.07) is 1.87. The molecule has 0 aliphatic rings. The highest BCUT2D eigenvalue weighted by Gasteiger charge is 2.13. The zero-order valence-corrected chi connectivity index (χ0v) is 10.9. The quantitative estimate of drug-likeness (QED) is 0.836. The Balaban J connectivity index is 3.15. The molecule has 1 heterocycles. The summed E-state index contributed by atoms with van der Waals surface area (Å²) in [6.07, 6.45) is 6.19. The molecule has 1 N–H and O–H groups in total. The van der Waals surface area contributed by atoms with Crippen LogP contribution in [0.1, 0.15) is 57.6 Å². The van der Waals surface area contributed by atoms with Crippen molar-refractivity contribution in [1.82, 2.24) is 9.55 Å². The molecule has 18 heavy (non-hydrogen) atoms. The van der Waals surface area contributed by atoms with Gasteiger partial charge < -0.3 is 0 Å². The van der Waals surface area contributed by atoms with Gasteiger partial charge >= 0.3 is 5.69 Å². The van der Waals surface area contributed by atoms with Crippen molar-refractivity contribution in [2.45, 2.75) is 52.0 Å². The molecule has 1 rings (SSSR count). The van der Waals surface area contributed by atoms with Crippen molar-refractivity contribution >= 4 is 0 Å². The molecule has 0 aromatic carbocycles. The molecule has 5 nitrogen and oxygen atoms in total. The molecule has 0 amide bonds. The predicted octanol–water partition coefficient (Wildman–Crippen LogP) is 1.94. The Morgan fingerprint density at radius 2 is 2.06 bits per heavy atom. The third kappa shape index (κ3) is 3.33. The van der Waals surface area contributed by atoms with E-state index in [2.05, 4.69) is 18.8 Å². The fraction of sp³-hybridized carbons (Fsp3) is 0.615. The van der Waals surface area contributed by atoms with E-state index in [4.69, 9.17) is 5.26 Å². The molecule has 1 unspecified atom stereocenters. The fourth-order valence-corrected chi connectivity index (χ4v) is 2.03. The van der Waals surface area contributed by atoms with Crippen LogP contribution in [-0.4, -0.2) is 9.55 Å². The summed E-state index contributed by atoms with van der Waals surface area (Å²) in [6.45, 7) is 4.15. The Kier molecular flexibility index (Phi) is 5.37. The topological polar surface area (TPSA) is 78.7 Å². The van der Waals surface area contributed by atoms with Crippen LogP contribution in [0.5, 0.6) is 0 Å². The van der Waals surface area contributed by atoms with Crippen molar-refractivity contribution in [2.24, 2.45) is 0 Å². The van der Waals surface area contributed by atoms with Gasteiger partial charge in [-0.3, -0.25) is 14.3 Å². The second kappa shape index (κ2) is 6.80. The van der Waals surface area contributed by atoms with Gasteiger partial charge in [0.05, 0.1) is 0 Å². The highest BCUT2D eigenvalue weighted by atomic mass is 16.2. The molecule has 0 saturated carbocycles. The number of nitriles is 1. The van der Waals surface area contributed by atoms with Gasteiger partial charge in [0.1, 0.15) is 11.6 Å². The van der Waals surface area contributed by atoms with Gasteiger partial charge in [0.25, 0.3) is 5.56 Å². The van der Waals surface area contributed by atoms with Gasteiger partial charge in [-0.1, -0.05) is 33.1 Å². The molecule has 1 atom stereocenters. The monoisotopic (exact) mass is 249 g/mol. The van der Waals surface area contributed by atoms with Crippen molar-refractivity contribution in [2.75, 3.05) is 0 Å². The Bertz CT molecular complexity index is 536. The maximum atomic E-state index is 11.8. The molecular formula is C13H19N3O2. The highest BCUT2D eigenvalue weighted by molar-refractivity contribution is 5.21. The lowest BCUT2D eigenvalue weighted by atomic mass is 10.0. The molecule has 1 aromatic rings. The van der Waals surface area contributed by atoms with Crippen molar-refractivity contribution in [1.29, 1.82) is 5.26 Å². The second-order valence-electron chi connectivity index (χ2n) is 4.41. The first-order valence-corrected chi connectivity index (χ1v) is 6.39. The average Bonchev–Trinajstić information content (AvgIpc) is 2.35. The van der Waals surface area contributed by atoms with E-state index in [0.29, 0.717) is 0 Å². The SMILES string of the molecule is CCCCC(CCC)n1cc(C#N)c(=O)[nH]c1=O. The maximum absolute atomic E-state index is 11.8. The molecular weight excluding hydrogens is 230 g/mol. The van der Waals surface area contributed by atoms with Crippen LogP contribution >= 0.6 is 0 Å². The number of aromatic nitrogens is 2. The van der Waals surface area contributed by atoms with Gasteiger partial charge in [0, 0.05) is 12.2 Å². The van der Waals surface area contributed by atoms with Gasteiger partial charge in [-0.2, -0.15) is 5.26 Å². The number of nitrogens with one attached hydrogen (secondary N) is 1. The van der Waals surface area contributed by atoms with Crippen LogP contribution in [-0.2, 0) is 0 Å². The summed E-state index contributed by atoms with van der Waals surface area (Å²) in [7, 11) is 0. The van der Waals surface area contributed by atoms with Crippen molar-refractivity contribution < 1.29 is 0 Å². The third-order valence-corrected chi connectivity index (χ3v) is 2.99. The van der Waals surface area contributed by atoms with Gasteiger partial charge in [-0.15, -0.1) is 0 Å². The molecule has 0 spiro atoms. The lowest BCUT2D eigenvalue weighted by molar-refractivity contribution is 0.400. The van der Waals surface area contributed by atoms with Crippen molar-refractivity contribution in [3.05, 3.63) is 32.6 Å². The Labute approximate surface area is 106 Å². The average molecular weight is 249 g/mol. The predicted molar refractivity (Wildman–Crippen MR) is 69.5 cm³/mol. The van der Waals surface area contributed by atoms with Gasteiger partial charge in [-0.05, 0) is 12.8 Å². The van der Waals surface area contributed by atoms with Crippen LogP contribution < -0.4 is 11.2 Å². The maximum Gasteiger partial charge on any atom is 0.328 e. The molecule has 0 aliphatic heterocycles. The van der Waals surface area contributed by atoms with Crippen LogP contribution in [0, 0.1) is 11.3 Å². The molecule has 0 fully saturated rings. The number of nitrogens with zero attached hydrogens (tertiary/aromatic N) is 2. The van der Waals surface area contributed by atoms with Crippen molar-refractivity contribution in [3.63, 3.8) is 0 Å². The van der Waals surface area contributed by atoms with Gasteiger partial charge in [-0.25, -0.2) is 4.79 Å². The first kappa shape index (κ1) is 14.2. The van der Waals surface area contributed by atoms with Crippen LogP contribution in [0.25, 0.3) is 0 Å². The minimum Gasteiger partial charge on any atom is -0.296 e. The number of hydrogen-bond acceptors (Lipinski definition) is 3.